The van der Waals surface area contributed by atoms with E-state index >= 15 is 0 Å². The fraction of sp³-hybridized carbons (Fsp3) is 0.526. The number of hydrogen-bond donors (Lipinski definition) is 4. The van der Waals surface area contributed by atoms with Gasteiger partial charge in [-0.3, -0.25) is 29.4 Å². The number of hydrogen-bond acceptors (Lipinski definition) is 36. The summed E-state index contributed by atoms with van der Waals surface area (Å²) in [5.41, 5.74) is 29.6. The summed E-state index contributed by atoms with van der Waals surface area (Å²) in [4.78, 5) is 38.6. The molecule has 18 rings (SSSR count). The maximum atomic E-state index is 13.0. The van der Waals surface area contributed by atoms with Gasteiger partial charge < -0.3 is 106 Å². The second-order valence-electron chi connectivity index (χ2n) is 35.0. The topological polar surface area (TPSA) is 430 Å². The summed E-state index contributed by atoms with van der Waals surface area (Å²) >= 11 is 17.5. The monoisotopic (exact) mass is 2030 g/mol. The average Bonchev–Trinajstić information content (AvgIpc) is 1.58. The summed E-state index contributed by atoms with van der Waals surface area (Å²) in [7, 11) is 15.9. The number of alkyl halides is 3. The number of aliphatic hydroxyl groups excluding tert-OH is 1. The van der Waals surface area contributed by atoms with Gasteiger partial charge in [-0.1, -0.05) is 104 Å². The molecule has 0 aliphatic carbocycles. The van der Waals surface area contributed by atoms with E-state index in [9.17, 15) is 25.7 Å². The first-order chi connectivity index (χ1) is 66.0. The first-order valence-corrected chi connectivity index (χ1v) is 45.8. The molecule has 744 valence electrons. The van der Waals surface area contributed by atoms with Gasteiger partial charge >= 0.3 is 6.09 Å². The number of carbonyl (C=O) groups excluding carboxylic acids is 1. The largest absolute Gasteiger partial charge is 0.493 e. The molecule has 139 heavy (non-hydrogen) atoms. The van der Waals surface area contributed by atoms with Crippen LogP contribution in [-0.4, -0.2) is 255 Å². The Bertz CT molecular complexity index is 5590. The number of nitrogens with two attached hydrogens (primary N) is 1. The molecule has 6 bridgehead atoms. The number of likely N-dealkylation sites (N-methyl/N-ethyl adjacent to an activating group) is 3. The Morgan fingerprint density at radius 1 is 0.525 bits per heavy atom. The van der Waals surface area contributed by atoms with E-state index in [1.807, 2.05) is 53.9 Å². The Labute approximate surface area is 835 Å². The molecule has 3 fully saturated rings. The van der Waals surface area contributed by atoms with E-state index in [2.05, 4.69) is 110 Å². The maximum absolute atomic E-state index is 13.0. The van der Waals surface area contributed by atoms with Crippen LogP contribution in [-0.2, 0) is 81.9 Å². The van der Waals surface area contributed by atoms with E-state index in [4.69, 9.17) is 146 Å². The van der Waals surface area contributed by atoms with E-state index in [0.29, 0.717) is 139 Å². The summed E-state index contributed by atoms with van der Waals surface area (Å²) in [6, 6.07) is 10.1. The molecule has 0 aromatic heterocycles. The van der Waals surface area contributed by atoms with Gasteiger partial charge in [0.2, 0.25) is 29.4 Å². The van der Waals surface area contributed by atoms with Crippen LogP contribution < -0.4 is 82.1 Å². The molecule has 6 aromatic carbocycles. The minimum Gasteiger partial charge on any atom is -0.493 e. The minimum atomic E-state index is -1.78. The number of nitrogens with zero attached hydrogens (tertiary/aromatic N) is 11. The molecule has 0 spiro atoms. The molecule has 15 atom stereocenters. The van der Waals surface area contributed by atoms with Crippen molar-refractivity contribution in [1.29, 1.82) is 21.3 Å². The summed E-state index contributed by atoms with van der Waals surface area (Å²) in [6.45, 7) is 24.5. The second kappa shape index (κ2) is 44.5. The van der Waals surface area contributed by atoms with E-state index in [-0.39, 0.29) is 148 Å². The molecular weight excluding hydrogens is 1920 g/mol. The smallest absolute Gasteiger partial charge is 0.407 e. The summed E-state index contributed by atoms with van der Waals surface area (Å²) in [5.74, 6) is 9.84. The number of aryl methyl sites for hydroxylation is 3. The number of aliphatic hydroxyl groups is 1. The van der Waals surface area contributed by atoms with Crippen molar-refractivity contribution in [2.75, 3.05) is 151 Å². The maximum Gasteiger partial charge on any atom is 0.407 e. The molecule has 3 unspecified atom stereocenters. The van der Waals surface area contributed by atoms with Crippen molar-refractivity contribution in [2.45, 2.75) is 182 Å². The Morgan fingerprint density at radius 2 is 0.842 bits per heavy atom. The molecule has 38 nitrogen and oxygen atoms in total. The SMILES string of the molecule is C.C=CCOc1c(C)c2c(c3c1CC1[C@H]4c5c(cc(C)c(OC)c5OCOC)C[C@@H]([C@H](C#N)N1[C@H]3CN)N4C)OCO2.C=CCOc1c(C)c2c(c3c1CC1[C@H]4c5c(cc(C)c(OC)c5OCOC)C[C@@H]([C@H](C#N)N1[C@H]3CNC(=O)OCC(Cl)(Cl)Cl)N4C)OCO2.C=CCOc1c(C)c2c(c3c1CC1[C@H]4c5c(cc(C)c(OC)c5OCOC)C[C@@H]([C@H](C#N)N1[C@H]3CO)N4C)OCO2.N=NO[N+](=O)[O-].[Zn]. The quantitative estimate of drug-likeness (QED) is 0.00674. The molecule has 12 heterocycles. The molecular formula is C97H119Cl3N14O24Zn. The third-order valence-electron chi connectivity index (χ3n) is 28.0. The molecule has 42 heteroatoms. The van der Waals surface area contributed by atoms with Crippen molar-refractivity contribution in [1.82, 2.24) is 34.7 Å². The van der Waals surface area contributed by atoms with Crippen molar-refractivity contribution >= 4 is 40.9 Å². The number of benzene rings is 6. The van der Waals surface area contributed by atoms with Crippen LogP contribution in [0, 0.1) is 91.2 Å². The molecule has 0 radical (unpaired) electrons. The van der Waals surface area contributed by atoms with Gasteiger partial charge in [0, 0.05) is 157 Å². The van der Waals surface area contributed by atoms with Gasteiger partial charge in [0.1, 0.15) is 61.8 Å². The van der Waals surface area contributed by atoms with Crippen molar-refractivity contribution < 1.29 is 129 Å². The molecule has 3 saturated heterocycles. The first-order valence-electron chi connectivity index (χ1n) is 44.7. The molecule has 0 saturated carbocycles. The number of rotatable bonds is 28. The predicted molar refractivity (Wildman–Crippen MR) is 504 cm³/mol. The minimum absolute atomic E-state index is 0. The predicted octanol–water partition coefficient (Wildman–Crippen LogP) is 12.9. The Morgan fingerprint density at radius 3 is 1.12 bits per heavy atom. The van der Waals surface area contributed by atoms with Crippen molar-refractivity contribution in [2.24, 2.45) is 11.0 Å². The first kappa shape index (κ1) is 105. The number of nitriles is 3. The molecule has 12 aliphatic rings. The number of alkyl carbamates (subject to hydrolysis) is 1. The van der Waals surface area contributed by atoms with Gasteiger partial charge in [-0.25, -0.2) is 14.9 Å². The number of halogens is 3. The fourth-order valence-electron chi connectivity index (χ4n) is 23.2. The van der Waals surface area contributed by atoms with Gasteiger partial charge in [-0.2, -0.15) is 15.8 Å². The zero-order valence-corrected chi connectivity index (χ0v) is 85.1. The number of carbonyl (C=O) groups is 1. The number of amides is 1. The Kier molecular flexibility index (Phi) is 33.8. The van der Waals surface area contributed by atoms with Crippen LogP contribution in [0.5, 0.6) is 86.2 Å². The average molecular weight is 2040 g/mol. The molecule has 6 aromatic rings. The van der Waals surface area contributed by atoms with Gasteiger partial charge in [0.15, 0.2) is 94.5 Å². The van der Waals surface area contributed by atoms with Crippen molar-refractivity contribution in [3.8, 4) is 104 Å². The number of piperazine rings is 3. The third-order valence-corrected chi connectivity index (χ3v) is 28.4. The number of ether oxygens (including phenoxy) is 19. The van der Waals surface area contributed by atoms with Crippen LogP contribution in [0.15, 0.2) is 61.4 Å². The second-order valence-corrected chi connectivity index (χ2v) is 37.5. The Balaban J connectivity index is 0.000000170. The van der Waals surface area contributed by atoms with Crippen LogP contribution in [0.4, 0.5) is 4.79 Å². The van der Waals surface area contributed by atoms with Gasteiger partial charge in [0.25, 0.3) is 0 Å². The zero-order chi connectivity index (χ0) is 98.2. The van der Waals surface area contributed by atoms with Crippen LogP contribution in [0.2, 0.25) is 0 Å². The number of nitrogens with one attached hydrogen (secondary N) is 2. The van der Waals surface area contributed by atoms with E-state index < -0.39 is 51.8 Å². The standard InChI is InChI=1S/C34H39Cl3N4O8.C31H38N4O6.C31H37N3O7.CH4.HN3O3.Zn/c1-7-8-45-29-18(3)30-32(49-16-48-30)26-20(29)11-22-27-25-19(9-17(2)28(44-6)31(25)47-15-43-5)10-21(40(27)4)23(12-38)41(22)24(26)13-39-33(42)46-14-34(35,36)37;1-7-8-38-28-17(3)29-31(41-15-40-29)25-19(28)11-21-26-24-18(9-16(2)27(37-6)30(24)39-14-36-5)10-20(34(26)4)22(12-32)35(21)23(25)13-33;1-7-8-38-28-17(3)29-31(41-15-40-29)25-19(28)11-21-26-24-18(9-16(2)27(37-6)30(24)39-14-36-5)10-20(33(26)4)22(12-32)34(21)23(25)13-35;;1-2-6-3(4)5;/h7,9,21-24,27H,1,8,10-11,13-16H2,2-6H3,(H,39,42);7,9,20-23,26H,1,8,10-11,13-15,33H2,2-6H3;7,9,20-23,26,35H,1,8,10-11,13-15H2,2-6H3;1H4;1H;/t21-,22?,23-,24-,27-;2*20-,21?,22-,23-,26-;;;/m000.../s1. The van der Waals surface area contributed by atoms with Crippen molar-refractivity contribution in [3.63, 3.8) is 0 Å². The summed E-state index contributed by atoms with van der Waals surface area (Å²) in [6.07, 6.45) is 7.95. The van der Waals surface area contributed by atoms with E-state index in [0.717, 1.165) is 100 Å². The van der Waals surface area contributed by atoms with E-state index in [1.165, 1.54) is 5.56 Å². The third kappa shape index (κ3) is 18.8. The number of methoxy groups -OCH3 is 6. The fourth-order valence-corrected chi connectivity index (χ4v) is 23.4. The molecule has 12 aliphatic heterocycles. The van der Waals surface area contributed by atoms with E-state index in [1.54, 1.807) is 60.9 Å². The van der Waals surface area contributed by atoms with Crippen LogP contribution in [0.1, 0.15) is 144 Å². The summed E-state index contributed by atoms with van der Waals surface area (Å²) < 4.78 is 111. The van der Waals surface area contributed by atoms with Crippen LogP contribution in [0.25, 0.3) is 0 Å². The zero-order valence-electron chi connectivity index (χ0n) is 79.9. The summed E-state index contributed by atoms with van der Waals surface area (Å²) in [5, 5.41) is 55.8. The van der Waals surface area contributed by atoms with Gasteiger partial charge in [0.05, 0.1) is 82.4 Å². The van der Waals surface area contributed by atoms with Crippen molar-refractivity contribution in [3.05, 3.63) is 166 Å². The number of fused-ring (bicyclic) bond motifs is 27. The Hall–Kier alpha value is -10.9. The van der Waals surface area contributed by atoms with Gasteiger partial charge in [-0.05, 0) is 135 Å². The van der Waals surface area contributed by atoms with Crippen LogP contribution in [0.3, 0.4) is 0 Å². The van der Waals surface area contributed by atoms with Crippen LogP contribution >= 0.6 is 34.8 Å². The van der Waals surface area contributed by atoms with Gasteiger partial charge in [-0.15, -0.1) is 4.94 Å². The normalized spacial score (nSPS) is 24.0. The molecule has 5 N–H and O–H groups in total. The molecule has 1 amide bonds.